The number of hydrogen-bond acceptors (Lipinski definition) is 5. The molecule has 0 aliphatic carbocycles. The molecule has 12 heteroatoms. The number of anilines is 1. The molecule has 1 heterocycles. The van der Waals surface area contributed by atoms with Crippen LogP contribution in [0.25, 0.3) is 11.1 Å². The summed E-state index contributed by atoms with van der Waals surface area (Å²) in [6.07, 6.45) is -0.606. The van der Waals surface area contributed by atoms with Gasteiger partial charge in [-0.3, -0.25) is 9.52 Å². The maximum absolute atomic E-state index is 14.9. The van der Waals surface area contributed by atoms with Crippen molar-refractivity contribution in [2.75, 3.05) is 18.3 Å². The fraction of sp³-hybridized carbons (Fsp3) is 0.174. The molecule has 1 amide bonds. The van der Waals surface area contributed by atoms with Gasteiger partial charge in [-0.25, -0.2) is 17.2 Å². The van der Waals surface area contributed by atoms with Gasteiger partial charge in [-0.05, 0) is 43.3 Å². The highest BCUT2D eigenvalue weighted by Gasteiger charge is 2.28. The Labute approximate surface area is 209 Å². The van der Waals surface area contributed by atoms with Gasteiger partial charge in [0.1, 0.15) is 28.4 Å². The molecule has 4 rings (SSSR count). The number of sulfonamides is 1. The average molecular weight is 543 g/mol. The lowest BCUT2D eigenvalue weighted by atomic mass is 10.0. The Morgan fingerprint density at radius 3 is 2.51 bits per heavy atom. The summed E-state index contributed by atoms with van der Waals surface area (Å²) in [5.41, 5.74) is -0.800. The maximum Gasteiger partial charge on any atom is 0.265 e. The number of benzene rings is 3. The third kappa shape index (κ3) is 4.86. The minimum absolute atomic E-state index is 0.0525. The van der Waals surface area contributed by atoms with E-state index in [1.54, 1.807) is 6.92 Å². The van der Waals surface area contributed by atoms with Crippen molar-refractivity contribution in [2.45, 2.75) is 17.9 Å². The number of phenolic OH excluding ortho intramolecular Hbond substituents is 1. The lowest BCUT2D eigenvalue weighted by Gasteiger charge is -2.24. The van der Waals surface area contributed by atoms with Crippen LogP contribution in [0, 0.1) is 11.6 Å². The second-order valence-electron chi connectivity index (χ2n) is 7.98. The molecule has 0 saturated carbocycles. The Kier molecular flexibility index (Phi) is 6.56. The van der Waals surface area contributed by atoms with E-state index in [4.69, 9.17) is 27.9 Å². The van der Waals surface area contributed by atoms with Crippen molar-refractivity contribution in [3.8, 4) is 22.6 Å². The van der Waals surface area contributed by atoms with E-state index in [1.165, 1.54) is 30.1 Å². The van der Waals surface area contributed by atoms with E-state index in [0.717, 1.165) is 18.2 Å². The normalized spacial score (nSPS) is 17.5. The Morgan fingerprint density at radius 2 is 1.80 bits per heavy atom. The molecular formula is C23H18Cl2F2N2O5S. The first kappa shape index (κ1) is 25.0. The highest BCUT2D eigenvalue weighted by molar-refractivity contribution is 7.92. The third-order valence-electron chi connectivity index (χ3n) is 5.30. The Bertz CT molecular complexity index is 1470. The zero-order chi connectivity index (χ0) is 25.7. The smallest absolute Gasteiger partial charge is 0.265 e. The number of amides is 1. The molecule has 7 nitrogen and oxygen atoms in total. The third-order valence-corrected chi connectivity index (χ3v) is 7.21. The van der Waals surface area contributed by atoms with Crippen molar-refractivity contribution >= 4 is 44.8 Å². The van der Waals surface area contributed by atoms with Crippen LogP contribution < -0.4 is 9.46 Å². The van der Waals surface area contributed by atoms with Crippen LogP contribution in [0.1, 0.15) is 17.3 Å². The van der Waals surface area contributed by atoms with E-state index in [2.05, 4.69) is 0 Å². The summed E-state index contributed by atoms with van der Waals surface area (Å²) in [5.74, 6) is -3.47. The zero-order valence-corrected chi connectivity index (χ0v) is 20.6. The number of carbonyl (C=O) groups excluding carboxylic acids is 1. The molecule has 2 N–H and O–H groups in total. The van der Waals surface area contributed by atoms with Gasteiger partial charge in [-0.2, -0.15) is 0 Å². The van der Waals surface area contributed by atoms with Crippen LogP contribution >= 0.6 is 23.2 Å². The monoisotopic (exact) mass is 542 g/mol. The van der Waals surface area contributed by atoms with Gasteiger partial charge in [-0.15, -0.1) is 0 Å². The maximum atomic E-state index is 14.9. The lowest BCUT2D eigenvalue weighted by Crippen LogP contribution is -2.35. The lowest BCUT2D eigenvalue weighted by molar-refractivity contribution is 0.0727. The molecule has 184 valence electrons. The number of aromatic hydroxyl groups is 1. The van der Waals surface area contributed by atoms with Crippen LogP contribution in [-0.2, 0) is 10.0 Å². The SMILES string of the molecule is C[C@H]1CN(C)C(=O)c2cc(Cl)c(O)c(c2)S(=O)(=O)Nc2cc(c(F)cc2F)-c2cc(Cl)ccc2O1. The predicted molar refractivity (Wildman–Crippen MR) is 128 cm³/mol. The van der Waals surface area contributed by atoms with Gasteiger partial charge in [0, 0.05) is 34.8 Å². The summed E-state index contributed by atoms with van der Waals surface area (Å²) in [6.45, 7) is 1.73. The first-order valence-electron chi connectivity index (χ1n) is 10.1. The van der Waals surface area contributed by atoms with Crippen LogP contribution in [0.4, 0.5) is 14.5 Å². The van der Waals surface area contributed by atoms with Crippen molar-refractivity contribution in [3.63, 3.8) is 0 Å². The number of hydrogen-bond donors (Lipinski definition) is 2. The highest BCUT2D eigenvalue weighted by atomic mass is 35.5. The number of carbonyl (C=O) groups is 1. The standard InChI is InChI=1S/C23H18Cl2F2N2O5S/c1-11-10-29(2)23(31)12-5-16(25)22(30)21(6-12)35(32,33)28-19-8-14(17(26)9-18(19)27)15-7-13(24)3-4-20(15)34-11/h3-9,11,28,30H,10H2,1-2H3/t11-/m0/s1. The minimum atomic E-state index is -4.68. The van der Waals surface area contributed by atoms with Gasteiger partial charge in [0.2, 0.25) is 0 Å². The van der Waals surface area contributed by atoms with E-state index >= 15 is 0 Å². The van der Waals surface area contributed by atoms with Crippen LogP contribution in [0.5, 0.6) is 11.5 Å². The van der Waals surface area contributed by atoms with Crippen LogP contribution in [0.15, 0.2) is 47.4 Å². The number of nitrogens with zero attached hydrogens (tertiary/aromatic N) is 1. The molecule has 0 spiro atoms. The van der Waals surface area contributed by atoms with E-state index in [1.807, 2.05) is 4.72 Å². The fourth-order valence-electron chi connectivity index (χ4n) is 3.69. The summed E-state index contributed by atoms with van der Waals surface area (Å²) in [7, 11) is -3.21. The molecule has 0 radical (unpaired) electrons. The zero-order valence-electron chi connectivity index (χ0n) is 18.3. The average Bonchev–Trinajstić information content (AvgIpc) is 2.77. The first-order chi connectivity index (χ1) is 16.4. The van der Waals surface area contributed by atoms with Gasteiger partial charge in [0.05, 0.1) is 17.3 Å². The fourth-order valence-corrected chi connectivity index (χ4v) is 5.34. The molecule has 3 aromatic rings. The quantitative estimate of drug-likeness (QED) is 0.402. The molecule has 0 fully saturated rings. The van der Waals surface area contributed by atoms with Crippen molar-refractivity contribution in [1.29, 1.82) is 0 Å². The van der Waals surface area contributed by atoms with Gasteiger partial charge in [0.25, 0.3) is 15.9 Å². The summed E-state index contributed by atoms with van der Waals surface area (Å²) in [6, 6.07) is 7.89. The van der Waals surface area contributed by atoms with E-state index in [0.29, 0.717) is 6.07 Å². The molecule has 0 aromatic heterocycles. The number of nitrogens with one attached hydrogen (secondary N) is 1. The predicted octanol–water partition coefficient (Wildman–Crippen LogP) is 5.30. The summed E-state index contributed by atoms with van der Waals surface area (Å²) >= 11 is 12.1. The van der Waals surface area contributed by atoms with Crippen molar-refractivity contribution in [1.82, 2.24) is 4.90 Å². The van der Waals surface area contributed by atoms with E-state index < -0.39 is 55.0 Å². The van der Waals surface area contributed by atoms with Crippen LogP contribution in [0.3, 0.4) is 0 Å². The molecule has 4 bridgehead atoms. The van der Waals surface area contributed by atoms with Crippen LogP contribution in [0.2, 0.25) is 10.0 Å². The largest absolute Gasteiger partial charge is 0.505 e. The molecule has 0 saturated heterocycles. The molecule has 35 heavy (non-hydrogen) atoms. The van der Waals surface area contributed by atoms with Gasteiger partial charge < -0.3 is 14.7 Å². The number of phenols is 1. The number of halogens is 4. The number of likely N-dealkylation sites (N-methyl/N-ethyl adjacent to an activating group) is 1. The topological polar surface area (TPSA) is 95.9 Å². The Morgan fingerprint density at radius 1 is 1.09 bits per heavy atom. The minimum Gasteiger partial charge on any atom is -0.505 e. The molecule has 1 aliphatic rings. The summed E-state index contributed by atoms with van der Waals surface area (Å²) in [4.78, 5) is 13.5. The second-order valence-corrected chi connectivity index (χ2v) is 10.5. The molecular weight excluding hydrogens is 525 g/mol. The number of rotatable bonds is 0. The number of ether oxygens (including phenoxy) is 1. The summed E-state index contributed by atoms with van der Waals surface area (Å²) in [5, 5.41) is 10.1. The van der Waals surface area contributed by atoms with Crippen LogP contribution in [-0.4, -0.2) is 44.0 Å². The molecule has 3 aromatic carbocycles. The van der Waals surface area contributed by atoms with E-state index in [-0.39, 0.29) is 34.0 Å². The molecule has 1 atom stereocenters. The Balaban J connectivity index is 1.99. The second kappa shape index (κ2) is 9.18. The number of fused-ring (bicyclic) bond motifs is 6. The summed E-state index contributed by atoms with van der Waals surface area (Å²) < 4.78 is 63.7. The Hall–Kier alpha value is -3.08. The molecule has 0 unspecified atom stereocenters. The van der Waals surface area contributed by atoms with Gasteiger partial charge in [-0.1, -0.05) is 23.2 Å². The van der Waals surface area contributed by atoms with Crippen molar-refractivity contribution in [3.05, 3.63) is 69.7 Å². The van der Waals surface area contributed by atoms with Gasteiger partial charge >= 0.3 is 0 Å². The highest BCUT2D eigenvalue weighted by Crippen LogP contribution is 2.39. The molecule has 1 aliphatic heterocycles. The first-order valence-corrected chi connectivity index (χ1v) is 12.4. The van der Waals surface area contributed by atoms with E-state index in [9.17, 15) is 27.1 Å². The van der Waals surface area contributed by atoms with Gasteiger partial charge in [0.15, 0.2) is 5.75 Å². The van der Waals surface area contributed by atoms with Crippen molar-refractivity contribution < 1.29 is 31.8 Å². The van der Waals surface area contributed by atoms with Crippen molar-refractivity contribution in [2.24, 2.45) is 0 Å².